The van der Waals surface area contributed by atoms with Crippen LogP contribution in [0.25, 0.3) is 10.2 Å². The van der Waals surface area contributed by atoms with Gasteiger partial charge < -0.3 is 16.0 Å². The number of thiophene rings is 1. The van der Waals surface area contributed by atoms with Crippen LogP contribution >= 0.6 is 11.3 Å². The van der Waals surface area contributed by atoms with Crippen molar-refractivity contribution in [3.05, 3.63) is 64.3 Å². The Bertz CT molecular complexity index is 1800. The lowest BCUT2D eigenvalue weighted by Gasteiger charge is -2.17. The van der Waals surface area contributed by atoms with E-state index in [4.69, 9.17) is 0 Å². The number of halogens is 4. The largest absolute Gasteiger partial charge is 0.416 e. The van der Waals surface area contributed by atoms with Crippen molar-refractivity contribution in [3.8, 4) is 0 Å². The van der Waals surface area contributed by atoms with Gasteiger partial charge in [0.25, 0.3) is 11.8 Å². The summed E-state index contributed by atoms with van der Waals surface area (Å²) in [6.07, 6.45) is -2.59. The van der Waals surface area contributed by atoms with E-state index < -0.39 is 29.4 Å². The molecule has 0 saturated heterocycles. The SMILES string of the molecule is CC1=NC(C)=[N+]1c1cc(C(=O)Nc2ccc(F)c(NC(=O)c3csc4c(NC5CC5)n[nH]c34)c2)cc(C(F)(F)F)c1. The third-order valence-corrected chi connectivity index (χ3v) is 7.64. The number of alkyl halides is 3. The molecule has 6 rings (SSSR count). The zero-order chi connectivity index (χ0) is 29.1. The summed E-state index contributed by atoms with van der Waals surface area (Å²) in [7, 11) is 0. The molecule has 4 aromatic rings. The normalized spacial score (nSPS) is 15.0. The molecule has 0 atom stereocenters. The molecule has 2 aromatic heterocycles. The maximum Gasteiger partial charge on any atom is 0.416 e. The number of anilines is 3. The zero-order valence-corrected chi connectivity index (χ0v) is 22.4. The van der Waals surface area contributed by atoms with Crippen LogP contribution in [-0.4, -0.2) is 44.3 Å². The zero-order valence-electron chi connectivity index (χ0n) is 21.6. The predicted molar refractivity (Wildman–Crippen MR) is 148 cm³/mol. The van der Waals surface area contributed by atoms with Crippen LogP contribution in [0.3, 0.4) is 0 Å². The van der Waals surface area contributed by atoms with Gasteiger partial charge in [0.1, 0.15) is 11.5 Å². The number of fused-ring (bicyclic) bond motifs is 1. The van der Waals surface area contributed by atoms with E-state index in [-0.39, 0.29) is 28.2 Å². The summed E-state index contributed by atoms with van der Waals surface area (Å²) in [5, 5.41) is 17.0. The van der Waals surface area contributed by atoms with Gasteiger partial charge in [-0.3, -0.25) is 14.7 Å². The van der Waals surface area contributed by atoms with Gasteiger partial charge in [0.2, 0.25) is 11.7 Å². The van der Waals surface area contributed by atoms with Gasteiger partial charge >= 0.3 is 6.18 Å². The highest BCUT2D eigenvalue weighted by atomic mass is 32.1. The third-order valence-electron chi connectivity index (χ3n) is 6.66. The van der Waals surface area contributed by atoms with Gasteiger partial charge in [0.05, 0.1) is 27.0 Å². The number of aromatic amines is 1. The molecule has 1 aliphatic heterocycles. The Labute approximate surface area is 234 Å². The van der Waals surface area contributed by atoms with Crippen molar-refractivity contribution >= 4 is 67.9 Å². The van der Waals surface area contributed by atoms with Gasteiger partial charge in [0, 0.05) is 36.5 Å². The molecule has 0 bridgehead atoms. The van der Waals surface area contributed by atoms with Crippen molar-refractivity contribution in [2.24, 2.45) is 4.99 Å². The van der Waals surface area contributed by atoms with Gasteiger partial charge in [-0.05, 0) is 49.2 Å². The quantitative estimate of drug-likeness (QED) is 0.150. The Balaban J connectivity index is 1.23. The summed E-state index contributed by atoms with van der Waals surface area (Å²) in [6, 6.07) is 6.85. The number of aromatic nitrogens is 2. The molecule has 1 aliphatic carbocycles. The Hall–Kier alpha value is -4.59. The number of amidine groups is 2. The van der Waals surface area contributed by atoms with E-state index in [1.54, 1.807) is 19.2 Å². The fourth-order valence-electron chi connectivity index (χ4n) is 4.52. The van der Waals surface area contributed by atoms with E-state index in [9.17, 15) is 27.2 Å². The van der Waals surface area contributed by atoms with E-state index in [0.717, 1.165) is 35.7 Å². The van der Waals surface area contributed by atoms with Crippen molar-refractivity contribution in [3.63, 3.8) is 0 Å². The van der Waals surface area contributed by atoms with Crippen LogP contribution in [0.2, 0.25) is 0 Å². The average Bonchev–Trinajstić information content (AvgIpc) is 3.49. The summed E-state index contributed by atoms with van der Waals surface area (Å²) < 4.78 is 57.8. The van der Waals surface area contributed by atoms with Gasteiger partial charge in [0.15, 0.2) is 5.82 Å². The number of carbonyl (C=O) groups is 2. The lowest BCUT2D eigenvalue weighted by Crippen LogP contribution is -2.29. The lowest BCUT2D eigenvalue weighted by molar-refractivity contribution is -0.323. The molecule has 2 aromatic carbocycles. The highest BCUT2D eigenvalue weighted by molar-refractivity contribution is 7.18. The monoisotopic (exact) mass is 584 g/mol. The molecule has 0 unspecified atom stereocenters. The lowest BCUT2D eigenvalue weighted by atomic mass is 10.1. The van der Waals surface area contributed by atoms with Crippen molar-refractivity contribution < 1.29 is 31.7 Å². The first kappa shape index (κ1) is 26.6. The molecule has 3 heterocycles. The van der Waals surface area contributed by atoms with E-state index in [0.29, 0.717) is 29.0 Å². The maximum atomic E-state index is 14.6. The number of benzene rings is 2. The molecule has 0 spiro atoms. The topological polar surface area (TPSA) is 114 Å². The van der Waals surface area contributed by atoms with Gasteiger partial charge in [-0.2, -0.15) is 18.3 Å². The minimum atomic E-state index is -4.70. The van der Waals surface area contributed by atoms with Crippen LogP contribution in [0.1, 0.15) is 53.0 Å². The van der Waals surface area contributed by atoms with Crippen LogP contribution < -0.4 is 16.0 Å². The highest BCUT2D eigenvalue weighted by Gasteiger charge is 2.34. The highest BCUT2D eigenvalue weighted by Crippen LogP contribution is 2.35. The number of H-pyrrole nitrogens is 1. The van der Waals surface area contributed by atoms with Gasteiger partial charge in [-0.15, -0.1) is 11.3 Å². The van der Waals surface area contributed by atoms with E-state index >= 15 is 0 Å². The Kier molecular flexibility index (Phi) is 6.36. The maximum absolute atomic E-state index is 14.6. The second-order valence-electron chi connectivity index (χ2n) is 9.76. The molecular formula is C27H22F4N7O2S+. The second kappa shape index (κ2) is 9.80. The van der Waals surface area contributed by atoms with Crippen LogP contribution in [0, 0.1) is 5.82 Å². The number of carbonyl (C=O) groups excluding carboxylic acids is 2. The molecule has 2 aliphatic rings. The van der Waals surface area contributed by atoms with Crippen molar-refractivity contribution in [1.29, 1.82) is 0 Å². The van der Waals surface area contributed by atoms with Crippen LogP contribution in [0.5, 0.6) is 0 Å². The van der Waals surface area contributed by atoms with Crippen LogP contribution in [0.15, 0.2) is 46.8 Å². The molecular weight excluding hydrogens is 562 g/mol. The standard InChI is InChI=1S/C27H21F4N7O2S/c1-12-32-13(2)38(12)18-8-14(7-15(9-18)27(29,30)31)25(39)34-17-5-6-20(28)21(10-17)35-26(40)19-11-41-23-22(19)36-37-24(23)33-16-3-4-16/h5-11,16H,3-4H2,1-2H3,(H3-,33,34,35,36,37,39,40)/p+1. The molecule has 9 nitrogen and oxygen atoms in total. The van der Waals surface area contributed by atoms with E-state index in [1.165, 1.54) is 34.1 Å². The Morgan fingerprint density at radius 3 is 2.54 bits per heavy atom. The Morgan fingerprint density at radius 2 is 1.85 bits per heavy atom. The fourth-order valence-corrected chi connectivity index (χ4v) is 5.47. The molecule has 2 amide bonds. The third kappa shape index (κ3) is 5.17. The first-order chi connectivity index (χ1) is 19.5. The summed E-state index contributed by atoms with van der Waals surface area (Å²) in [6.45, 7) is 3.28. The van der Waals surface area contributed by atoms with Crippen molar-refractivity contribution in [1.82, 2.24) is 10.2 Å². The second-order valence-corrected chi connectivity index (χ2v) is 10.6. The number of amides is 2. The van der Waals surface area contributed by atoms with Gasteiger partial charge in [-0.1, -0.05) is 4.99 Å². The number of nitrogens with one attached hydrogen (secondary N) is 4. The van der Waals surface area contributed by atoms with Crippen molar-refractivity contribution in [2.75, 3.05) is 16.0 Å². The molecule has 14 heteroatoms. The molecule has 1 saturated carbocycles. The minimum Gasteiger partial charge on any atom is -0.365 e. The molecule has 1 fully saturated rings. The first-order valence-electron chi connectivity index (χ1n) is 12.5. The van der Waals surface area contributed by atoms with Crippen LogP contribution in [-0.2, 0) is 6.18 Å². The number of hydrogen-bond acceptors (Lipinski definition) is 6. The summed E-state index contributed by atoms with van der Waals surface area (Å²) in [5.41, 5.74) is -0.491. The summed E-state index contributed by atoms with van der Waals surface area (Å²) >= 11 is 1.32. The van der Waals surface area contributed by atoms with Crippen molar-refractivity contribution in [2.45, 2.75) is 38.9 Å². The molecule has 41 heavy (non-hydrogen) atoms. The average molecular weight is 585 g/mol. The number of aliphatic imine (C=N–C) groups is 1. The fraction of sp³-hybridized carbons (Fsp3) is 0.222. The number of nitrogens with zero attached hydrogens (tertiary/aromatic N) is 3. The summed E-state index contributed by atoms with van der Waals surface area (Å²) in [4.78, 5) is 30.2. The minimum absolute atomic E-state index is 0.0722. The molecule has 0 radical (unpaired) electrons. The molecule has 210 valence electrons. The smallest absolute Gasteiger partial charge is 0.365 e. The molecule has 4 N–H and O–H groups in total. The summed E-state index contributed by atoms with van der Waals surface area (Å²) in [5.74, 6) is -0.572. The number of rotatable bonds is 7. The van der Waals surface area contributed by atoms with E-state index in [1.807, 2.05) is 0 Å². The van der Waals surface area contributed by atoms with Crippen LogP contribution in [0.4, 0.5) is 40.4 Å². The van der Waals surface area contributed by atoms with Gasteiger partial charge in [-0.25, -0.2) is 8.97 Å². The first-order valence-corrected chi connectivity index (χ1v) is 13.4. The predicted octanol–water partition coefficient (Wildman–Crippen LogP) is 6.36. The Morgan fingerprint density at radius 1 is 1.07 bits per heavy atom. The number of hydrogen-bond donors (Lipinski definition) is 4. The van der Waals surface area contributed by atoms with E-state index in [2.05, 4.69) is 31.1 Å².